The van der Waals surface area contributed by atoms with Gasteiger partial charge in [0.05, 0.1) is 12.4 Å². The van der Waals surface area contributed by atoms with Gasteiger partial charge in [0.2, 0.25) is 0 Å². The molecule has 2 atom stereocenters. The van der Waals surface area contributed by atoms with E-state index >= 15 is 0 Å². The number of hydrogen-bond donors (Lipinski definition) is 2. The number of pyridine rings is 1. The van der Waals surface area contributed by atoms with E-state index < -0.39 is 11.8 Å². The Morgan fingerprint density at radius 3 is 2.96 bits per heavy atom. The van der Waals surface area contributed by atoms with Crippen LogP contribution in [0.25, 0.3) is 0 Å². The first-order valence-electron chi connectivity index (χ1n) is 9.44. The third-order valence-corrected chi connectivity index (χ3v) is 5.37. The minimum atomic E-state index is -0.612. The molecule has 2 aromatic rings. The fourth-order valence-corrected chi connectivity index (χ4v) is 4.13. The topological polar surface area (TPSA) is 90.2 Å². The third-order valence-electron chi connectivity index (χ3n) is 5.37. The number of nitrogens with zero attached hydrogens (tertiary/aromatic N) is 2. The summed E-state index contributed by atoms with van der Waals surface area (Å²) < 4.78 is 1.69. The Hall–Kier alpha value is -3.22. The molecule has 0 fully saturated rings. The molecular weight excluding hydrogens is 354 g/mol. The molecule has 7 heteroatoms. The first-order valence-corrected chi connectivity index (χ1v) is 9.44. The van der Waals surface area contributed by atoms with Gasteiger partial charge in [0, 0.05) is 48.6 Å². The van der Waals surface area contributed by atoms with Crippen LogP contribution in [0.3, 0.4) is 0 Å². The largest absolute Gasteiger partial charge is 0.362 e. The van der Waals surface area contributed by atoms with Gasteiger partial charge in [-0.1, -0.05) is 6.58 Å². The zero-order valence-corrected chi connectivity index (χ0v) is 16.1. The lowest BCUT2D eigenvalue weighted by molar-refractivity contribution is -0.360. The van der Waals surface area contributed by atoms with Crippen LogP contribution in [-0.4, -0.2) is 21.5 Å². The molecule has 3 heterocycles. The number of Topliss-reactive ketones (excluding diaryl/α,β-unsaturated/α-hetero) is 1. The van der Waals surface area contributed by atoms with Crippen molar-refractivity contribution in [3.8, 4) is 0 Å². The average molecular weight is 378 g/mol. The molecule has 1 aliphatic carbocycles. The fraction of sp³-hybridized carbons (Fsp3) is 0.333. The van der Waals surface area contributed by atoms with Crippen LogP contribution in [0.4, 0.5) is 5.82 Å². The van der Waals surface area contributed by atoms with Crippen molar-refractivity contribution in [3.05, 3.63) is 65.4 Å². The van der Waals surface area contributed by atoms with Gasteiger partial charge in [-0.15, -0.1) is 0 Å². The van der Waals surface area contributed by atoms with Gasteiger partial charge in [-0.3, -0.25) is 9.48 Å². The number of ketones is 1. The van der Waals surface area contributed by atoms with Crippen molar-refractivity contribution in [2.24, 2.45) is 13.0 Å². The number of aromatic nitrogens is 3. The third kappa shape index (κ3) is 3.24. The molecule has 7 nitrogen and oxygen atoms in total. The van der Waals surface area contributed by atoms with Crippen molar-refractivity contribution in [3.63, 3.8) is 0 Å². The Kier molecular flexibility index (Phi) is 4.58. The molecular formula is C21H24N5O2+. The van der Waals surface area contributed by atoms with Crippen LogP contribution in [-0.2, 0) is 16.6 Å². The number of anilines is 1. The number of allylic oxidation sites excluding steroid dienone is 2. The van der Waals surface area contributed by atoms with E-state index in [0.29, 0.717) is 23.5 Å². The number of amides is 1. The summed E-state index contributed by atoms with van der Waals surface area (Å²) in [5.41, 5.74) is 4.07. The standard InChI is InChI=1S/C21H23N5O2/c1-12-7-8-22-17(9-12)25-21(28)18-13(2)24-15-5-4-6-16(27)20(15)19(18)14-10-23-26(3)11-14/h7-11,18-19,24H,2,4-6H2,1,3H3,(H,22,25,28)/p+1. The normalized spacial score (nSPS) is 21.9. The van der Waals surface area contributed by atoms with Crippen LogP contribution in [0.2, 0.25) is 0 Å². The maximum absolute atomic E-state index is 13.3. The summed E-state index contributed by atoms with van der Waals surface area (Å²) in [6.07, 6.45) is 7.49. The van der Waals surface area contributed by atoms with E-state index in [4.69, 9.17) is 0 Å². The quantitative estimate of drug-likeness (QED) is 0.855. The monoisotopic (exact) mass is 378 g/mol. The summed E-state index contributed by atoms with van der Waals surface area (Å²) in [7, 11) is 1.83. The van der Waals surface area contributed by atoms with E-state index in [1.165, 1.54) is 0 Å². The molecule has 2 aromatic heterocycles. The second-order valence-electron chi connectivity index (χ2n) is 7.49. The number of hydrogen-bond acceptors (Lipinski definition) is 4. The molecule has 0 saturated carbocycles. The predicted octanol–water partition coefficient (Wildman–Crippen LogP) is 2.01. The molecule has 2 unspecified atom stereocenters. The van der Waals surface area contributed by atoms with Gasteiger partial charge in [-0.05, 0) is 37.0 Å². The Labute approximate surface area is 163 Å². The SMILES string of the molecule is C=C1NC2=C(C(=O)CCC2)C(c2cnn(C)c2)C1C(=O)Nc1cc(C)cc[nH+]1. The Balaban J connectivity index is 1.75. The van der Waals surface area contributed by atoms with Gasteiger partial charge >= 0.3 is 5.91 Å². The zero-order valence-electron chi connectivity index (χ0n) is 16.1. The van der Waals surface area contributed by atoms with E-state index in [1.807, 2.05) is 32.3 Å². The molecule has 0 bridgehead atoms. The number of carbonyl (C=O) groups is 2. The number of aromatic amines is 1. The van der Waals surface area contributed by atoms with Crippen molar-refractivity contribution in [1.82, 2.24) is 15.1 Å². The van der Waals surface area contributed by atoms with Crippen LogP contribution in [0, 0.1) is 12.8 Å². The zero-order chi connectivity index (χ0) is 19.8. The molecule has 0 radical (unpaired) electrons. The summed E-state index contributed by atoms with van der Waals surface area (Å²) in [6.45, 7) is 6.08. The van der Waals surface area contributed by atoms with E-state index in [-0.39, 0.29) is 11.7 Å². The van der Waals surface area contributed by atoms with Crippen LogP contribution >= 0.6 is 0 Å². The van der Waals surface area contributed by atoms with Gasteiger partial charge in [-0.2, -0.15) is 5.10 Å². The molecule has 3 N–H and O–H groups in total. The molecule has 1 aliphatic heterocycles. The second-order valence-corrected chi connectivity index (χ2v) is 7.49. The number of carbonyl (C=O) groups excluding carboxylic acids is 2. The highest BCUT2D eigenvalue weighted by molar-refractivity contribution is 6.02. The van der Waals surface area contributed by atoms with Crippen molar-refractivity contribution >= 4 is 17.5 Å². The molecule has 4 rings (SSSR count). The minimum Gasteiger partial charge on any atom is -0.362 e. The lowest BCUT2D eigenvalue weighted by Gasteiger charge is -2.37. The maximum atomic E-state index is 13.3. The van der Waals surface area contributed by atoms with E-state index in [2.05, 4.69) is 27.3 Å². The van der Waals surface area contributed by atoms with Crippen molar-refractivity contribution in [1.29, 1.82) is 0 Å². The van der Waals surface area contributed by atoms with Crippen LogP contribution in [0.1, 0.15) is 36.3 Å². The Morgan fingerprint density at radius 2 is 2.25 bits per heavy atom. The molecule has 0 spiro atoms. The smallest absolute Gasteiger partial charge is 0.317 e. The highest BCUT2D eigenvalue weighted by Crippen LogP contribution is 2.44. The van der Waals surface area contributed by atoms with Gasteiger partial charge in [-0.25, -0.2) is 15.1 Å². The Bertz CT molecular complexity index is 1000. The highest BCUT2D eigenvalue weighted by Gasteiger charge is 2.45. The van der Waals surface area contributed by atoms with Crippen LogP contribution in [0.15, 0.2) is 54.3 Å². The Morgan fingerprint density at radius 1 is 1.43 bits per heavy atom. The molecule has 0 saturated heterocycles. The van der Waals surface area contributed by atoms with E-state index in [1.54, 1.807) is 17.1 Å². The molecule has 28 heavy (non-hydrogen) atoms. The maximum Gasteiger partial charge on any atom is 0.317 e. The predicted molar refractivity (Wildman–Crippen MR) is 104 cm³/mol. The van der Waals surface area contributed by atoms with Crippen molar-refractivity contribution < 1.29 is 14.6 Å². The second kappa shape index (κ2) is 7.07. The fourth-order valence-electron chi connectivity index (χ4n) is 4.13. The molecule has 2 aliphatic rings. The first-order chi connectivity index (χ1) is 13.4. The van der Waals surface area contributed by atoms with Crippen molar-refractivity contribution in [2.75, 3.05) is 5.32 Å². The van der Waals surface area contributed by atoms with Gasteiger partial charge < -0.3 is 5.32 Å². The summed E-state index contributed by atoms with van der Waals surface area (Å²) in [5.74, 6) is -0.514. The molecule has 144 valence electrons. The van der Waals surface area contributed by atoms with E-state index in [9.17, 15) is 9.59 Å². The van der Waals surface area contributed by atoms with Crippen LogP contribution < -0.4 is 15.6 Å². The summed E-state index contributed by atoms with van der Waals surface area (Å²) in [5, 5.41) is 10.5. The number of aryl methyl sites for hydroxylation is 2. The lowest BCUT2D eigenvalue weighted by Crippen LogP contribution is -2.42. The van der Waals surface area contributed by atoms with Crippen LogP contribution in [0.5, 0.6) is 0 Å². The van der Waals surface area contributed by atoms with Gasteiger partial charge in [0.1, 0.15) is 5.92 Å². The summed E-state index contributed by atoms with van der Waals surface area (Å²) in [6, 6.07) is 3.79. The summed E-state index contributed by atoms with van der Waals surface area (Å²) in [4.78, 5) is 29.1. The van der Waals surface area contributed by atoms with E-state index in [0.717, 1.165) is 29.7 Å². The van der Waals surface area contributed by atoms with Crippen molar-refractivity contribution in [2.45, 2.75) is 32.1 Å². The van der Waals surface area contributed by atoms with Gasteiger partial charge in [0.15, 0.2) is 5.78 Å². The number of rotatable bonds is 3. The molecule has 1 amide bonds. The minimum absolute atomic E-state index is 0.0926. The highest BCUT2D eigenvalue weighted by atomic mass is 16.2. The summed E-state index contributed by atoms with van der Waals surface area (Å²) >= 11 is 0. The number of H-pyrrole nitrogens is 1. The van der Waals surface area contributed by atoms with Gasteiger partial charge in [0.25, 0.3) is 5.82 Å². The molecule has 0 aromatic carbocycles. The lowest BCUT2D eigenvalue weighted by atomic mass is 9.72. The average Bonchev–Trinajstić information content (AvgIpc) is 3.06. The number of nitrogens with one attached hydrogen (secondary N) is 3. The first kappa shape index (κ1) is 18.2.